The lowest BCUT2D eigenvalue weighted by atomic mass is 10.2. The third-order valence-electron chi connectivity index (χ3n) is 4.36. The molecule has 1 aromatic heterocycles. The van der Waals surface area contributed by atoms with Crippen LogP contribution in [0.5, 0.6) is 0 Å². The lowest BCUT2D eigenvalue weighted by Gasteiger charge is -2.21. The minimum Gasteiger partial charge on any atom is -0.341 e. The van der Waals surface area contributed by atoms with E-state index in [0.29, 0.717) is 5.69 Å². The number of pyridine rings is 1. The summed E-state index contributed by atoms with van der Waals surface area (Å²) in [7, 11) is 1.84. The molecule has 0 saturated carbocycles. The Bertz CT molecular complexity index is 699. The normalized spacial score (nSPS) is 13.0. The number of unbranched alkanes of at least 4 members (excludes halogenated alkanes) is 1. The van der Waals surface area contributed by atoms with Crippen LogP contribution in [0.3, 0.4) is 0 Å². The highest BCUT2D eigenvalue weighted by atomic mass is 16.2. The molecule has 0 aliphatic carbocycles. The Kier molecular flexibility index (Phi) is 4.60. The van der Waals surface area contributed by atoms with Gasteiger partial charge in [0.1, 0.15) is 5.69 Å². The fourth-order valence-corrected chi connectivity index (χ4v) is 3.00. The van der Waals surface area contributed by atoms with Gasteiger partial charge in [0.2, 0.25) is 0 Å². The van der Waals surface area contributed by atoms with Crippen molar-refractivity contribution in [2.24, 2.45) is 0 Å². The lowest BCUT2D eigenvalue weighted by Crippen LogP contribution is -2.28. The van der Waals surface area contributed by atoms with Crippen LogP contribution in [-0.4, -0.2) is 35.9 Å². The molecule has 1 aliphatic heterocycles. The summed E-state index contributed by atoms with van der Waals surface area (Å²) in [6.07, 6.45) is 4.87. The predicted molar refractivity (Wildman–Crippen MR) is 93.3 cm³/mol. The molecule has 0 bridgehead atoms. The van der Waals surface area contributed by atoms with Crippen LogP contribution in [0.25, 0.3) is 0 Å². The second-order valence-electron chi connectivity index (χ2n) is 6.01. The summed E-state index contributed by atoms with van der Waals surface area (Å²) in [6.45, 7) is 3.85. The Morgan fingerprint density at radius 1 is 1.30 bits per heavy atom. The Hall–Kier alpha value is -2.36. The minimum absolute atomic E-state index is 0.00668. The van der Waals surface area contributed by atoms with Crippen molar-refractivity contribution in [1.29, 1.82) is 0 Å². The summed E-state index contributed by atoms with van der Waals surface area (Å²) in [4.78, 5) is 20.8. The third kappa shape index (κ3) is 3.21. The molecule has 0 unspecified atom stereocenters. The van der Waals surface area contributed by atoms with E-state index in [1.54, 1.807) is 11.1 Å². The van der Waals surface area contributed by atoms with Crippen LogP contribution in [-0.2, 0) is 6.42 Å². The molecule has 0 N–H and O–H groups in total. The summed E-state index contributed by atoms with van der Waals surface area (Å²) in [5, 5.41) is 0. The number of hydrogen-bond donors (Lipinski definition) is 0. The summed E-state index contributed by atoms with van der Waals surface area (Å²) >= 11 is 0. The number of aromatic nitrogens is 1. The smallest absolute Gasteiger partial charge is 0.272 e. The molecule has 120 valence electrons. The van der Waals surface area contributed by atoms with Gasteiger partial charge < -0.3 is 9.80 Å². The van der Waals surface area contributed by atoms with E-state index in [1.807, 2.05) is 19.2 Å². The average molecular weight is 309 g/mol. The average Bonchev–Trinajstić information content (AvgIpc) is 3.03. The fraction of sp³-hybridized carbons (Fsp3) is 0.368. The Morgan fingerprint density at radius 2 is 2.13 bits per heavy atom. The predicted octanol–water partition coefficient (Wildman–Crippen LogP) is 3.65. The lowest BCUT2D eigenvalue weighted by molar-refractivity contribution is 0.0787. The van der Waals surface area contributed by atoms with E-state index in [9.17, 15) is 4.79 Å². The standard InChI is InChI=1S/C19H23N3O/c1-3-4-12-21(2)19(23)17-14-16(9-11-20-17)22-13-10-15-7-5-6-8-18(15)22/h5-9,11,14H,3-4,10,12-13H2,1-2H3. The zero-order valence-electron chi connectivity index (χ0n) is 13.8. The molecular formula is C19H23N3O. The van der Waals surface area contributed by atoms with Crippen molar-refractivity contribution >= 4 is 17.3 Å². The van der Waals surface area contributed by atoms with Crippen molar-refractivity contribution in [3.8, 4) is 0 Å². The maximum atomic E-state index is 12.5. The van der Waals surface area contributed by atoms with Crippen LogP contribution in [0.1, 0.15) is 35.8 Å². The van der Waals surface area contributed by atoms with Crippen LogP contribution in [0, 0.1) is 0 Å². The Balaban J connectivity index is 1.82. The molecule has 1 aliphatic rings. The molecule has 0 fully saturated rings. The van der Waals surface area contributed by atoms with Gasteiger partial charge in [-0.2, -0.15) is 0 Å². The topological polar surface area (TPSA) is 36.4 Å². The van der Waals surface area contributed by atoms with Gasteiger partial charge in [0.15, 0.2) is 0 Å². The number of rotatable bonds is 5. The molecule has 23 heavy (non-hydrogen) atoms. The second-order valence-corrected chi connectivity index (χ2v) is 6.01. The minimum atomic E-state index is -0.00668. The number of para-hydroxylation sites is 1. The van der Waals surface area contributed by atoms with Crippen molar-refractivity contribution in [2.45, 2.75) is 26.2 Å². The Labute approximate surface area is 137 Å². The molecular weight excluding hydrogens is 286 g/mol. The highest BCUT2D eigenvalue weighted by molar-refractivity contribution is 5.93. The fourth-order valence-electron chi connectivity index (χ4n) is 3.00. The van der Waals surface area contributed by atoms with Gasteiger partial charge in [-0.25, -0.2) is 0 Å². The van der Waals surface area contributed by atoms with Crippen molar-refractivity contribution in [3.05, 3.63) is 53.9 Å². The van der Waals surface area contributed by atoms with E-state index >= 15 is 0 Å². The van der Waals surface area contributed by atoms with Gasteiger partial charge in [-0.1, -0.05) is 31.5 Å². The van der Waals surface area contributed by atoms with Gasteiger partial charge in [-0.15, -0.1) is 0 Å². The van der Waals surface area contributed by atoms with Gasteiger partial charge in [0.25, 0.3) is 5.91 Å². The van der Waals surface area contributed by atoms with E-state index in [-0.39, 0.29) is 5.91 Å². The van der Waals surface area contributed by atoms with Crippen molar-refractivity contribution < 1.29 is 4.79 Å². The Morgan fingerprint density at radius 3 is 2.96 bits per heavy atom. The number of benzene rings is 1. The number of hydrogen-bond acceptors (Lipinski definition) is 3. The van der Waals surface area contributed by atoms with Crippen LogP contribution >= 0.6 is 0 Å². The van der Waals surface area contributed by atoms with Gasteiger partial charge in [0.05, 0.1) is 0 Å². The van der Waals surface area contributed by atoms with Gasteiger partial charge in [0, 0.05) is 37.7 Å². The quantitative estimate of drug-likeness (QED) is 0.846. The first-order valence-electron chi connectivity index (χ1n) is 8.27. The van der Waals surface area contributed by atoms with E-state index in [0.717, 1.165) is 38.0 Å². The third-order valence-corrected chi connectivity index (χ3v) is 4.36. The maximum Gasteiger partial charge on any atom is 0.272 e. The highest BCUT2D eigenvalue weighted by Crippen LogP contribution is 2.34. The monoisotopic (exact) mass is 309 g/mol. The van der Waals surface area contributed by atoms with Crippen LogP contribution in [0.4, 0.5) is 11.4 Å². The van der Waals surface area contributed by atoms with E-state index in [4.69, 9.17) is 0 Å². The first-order valence-corrected chi connectivity index (χ1v) is 8.27. The maximum absolute atomic E-state index is 12.5. The summed E-state index contributed by atoms with van der Waals surface area (Å²) in [6, 6.07) is 12.3. The molecule has 2 heterocycles. The highest BCUT2D eigenvalue weighted by Gasteiger charge is 2.21. The number of fused-ring (bicyclic) bond motifs is 1. The van der Waals surface area contributed by atoms with Crippen molar-refractivity contribution in [1.82, 2.24) is 9.88 Å². The second kappa shape index (κ2) is 6.82. The van der Waals surface area contributed by atoms with Crippen LogP contribution in [0.2, 0.25) is 0 Å². The number of carbonyl (C=O) groups excluding carboxylic acids is 1. The van der Waals surface area contributed by atoms with Gasteiger partial charge >= 0.3 is 0 Å². The SMILES string of the molecule is CCCCN(C)C(=O)c1cc(N2CCc3ccccc32)ccn1. The largest absolute Gasteiger partial charge is 0.341 e. The molecule has 0 radical (unpaired) electrons. The molecule has 4 heteroatoms. The van der Waals surface area contributed by atoms with E-state index < -0.39 is 0 Å². The zero-order chi connectivity index (χ0) is 16.2. The number of nitrogens with zero attached hydrogens (tertiary/aromatic N) is 3. The molecule has 0 atom stereocenters. The van der Waals surface area contributed by atoms with Crippen LogP contribution < -0.4 is 4.90 Å². The van der Waals surface area contributed by atoms with Gasteiger partial charge in [-0.3, -0.25) is 9.78 Å². The molecule has 4 nitrogen and oxygen atoms in total. The van der Waals surface area contributed by atoms with Crippen molar-refractivity contribution in [2.75, 3.05) is 25.0 Å². The first kappa shape index (κ1) is 15.5. The molecule has 1 amide bonds. The van der Waals surface area contributed by atoms with E-state index in [2.05, 4.69) is 41.1 Å². The van der Waals surface area contributed by atoms with E-state index in [1.165, 1.54) is 11.3 Å². The molecule has 1 aromatic carbocycles. The molecule has 2 aromatic rings. The number of anilines is 2. The van der Waals surface area contributed by atoms with Gasteiger partial charge in [-0.05, 0) is 36.6 Å². The van der Waals surface area contributed by atoms with Crippen molar-refractivity contribution in [3.63, 3.8) is 0 Å². The summed E-state index contributed by atoms with van der Waals surface area (Å²) in [5.74, 6) is -0.00668. The summed E-state index contributed by atoms with van der Waals surface area (Å²) < 4.78 is 0. The zero-order valence-corrected chi connectivity index (χ0v) is 13.8. The molecule has 3 rings (SSSR count). The number of amides is 1. The first-order chi connectivity index (χ1) is 11.2. The number of carbonyl (C=O) groups is 1. The summed E-state index contributed by atoms with van der Waals surface area (Å²) in [5.41, 5.74) is 4.15. The van der Waals surface area contributed by atoms with Crippen LogP contribution in [0.15, 0.2) is 42.6 Å². The molecule has 0 saturated heterocycles. The molecule has 0 spiro atoms.